The number of hydrogen-bond acceptors (Lipinski definition) is 5. The number of nitrogens with zero attached hydrogens (tertiary/aromatic N) is 3. The number of carbonyl (C=O) groups is 1. The molecular weight excluding hydrogens is 344 g/mol. The van der Waals surface area contributed by atoms with Crippen molar-refractivity contribution in [2.75, 3.05) is 44.4 Å². The van der Waals surface area contributed by atoms with Crippen molar-refractivity contribution < 1.29 is 4.79 Å². The van der Waals surface area contributed by atoms with Crippen LogP contribution in [0.5, 0.6) is 0 Å². The Labute approximate surface area is 159 Å². The van der Waals surface area contributed by atoms with Crippen molar-refractivity contribution in [2.45, 2.75) is 18.4 Å². The smallest absolute Gasteiger partial charge is 0.251 e. The van der Waals surface area contributed by atoms with Gasteiger partial charge >= 0.3 is 0 Å². The van der Waals surface area contributed by atoms with E-state index in [4.69, 9.17) is 0 Å². The number of anilines is 1. The van der Waals surface area contributed by atoms with Gasteiger partial charge in [-0.05, 0) is 44.0 Å². The summed E-state index contributed by atoms with van der Waals surface area (Å²) in [7, 11) is 2.14. The number of pyridine rings is 1. The lowest BCUT2D eigenvalue weighted by Gasteiger charge is -2.34. The molecule has 2 aromatic rings. The first-order chi connectivity index (χ1) is 12.6. The number of thioether (sulfide) groups is 1. The van der Waals surface area contributed by atoms with E-state index >= 15 is 0 Å². The molecule has 1 aliphatic rings. The molecule has 0 unspecified atom stereocenters. The lowest BCUT2D eigenvalue weighted by atomic mass is 10.1. The number of amides is 1. The lowest BCUT2D eigenvalue weighted by molar-refractivity contribution is 0.0950. The highest BCUT2D eigenvalue weighted by molar-refractivity contribution is 7.98. The van der Waals surface area contributed by atoms with E-state index in [0.717, 1.165) is 53.6 Å². The third kappa shape index (κ3) is 4.37. The fourth-order valence-electron chi connectivity index (χ4n) is 3.11. The maximum atomic E-state index is 12.7. The van der Waals surface area contributed by atoms with Crippen LogP contribution in [0, 0.1) is 6.92 Å². The summed E-state index contributed by atoms with van der Waals surface area (Å²) in [6.07, 6.45) is 3.84. The van der Waals surface area contributed by atoms with Crippen LogP contribution in [0.25, 0.3) is 0 Å². The van der Waals surface area contributed by atoms with Gasteiger partial charge in [0, 0.05) is 54.9 Å². The van der Waals surface area contributed by atoms with Crippen molar-refractivity contribution in [3.63, 3.8) is 0 Å². The van der Waals surface area contributed by atoms with Crippen LogP contribution in [0.15, 0.2) is 41.4 Å². The molecule has 1 aromatic carbocycles. The Morgan fingerprint density at radius 1 is 1.23 bits per heavy atom. The predicted octanol–water partition coefficient (Wildman–Crippen LogP) is 2.79. The number of carbonyl (C=O) groups excluding carboxylic acids is 1. The largest absolute Gasteiger partial charge is 0.354 e. The number of likely N-dealkylation sites (N-methyl/N-ethyl adjacent to an activating group) is 1. The van der Waals surface area contributed by atoms with Crippen LogP contribution in [0.3, 0.4) is 0 Å². The SMILES string of the molecule is CSc1ccc(C)c(C(=O)NCc2cccnc2N2CCN(C)CC2)c1. The Morgan fingerprint density at radius 3 is 2.73 bits per heavy atom. The van der Waals surface area contributed by atoms with Gasteiger partial charge in [0.2, 0.25) is 0 Å². The van der Waals surface area contributed by atoms with Crippen LogP contribution in [0.2, 0.25) is 0 Å². The second-order valence-corrected chi connectivity index (χ2v) is 7.52. The van der Waals surface area contributed by atoms with Gasteiger partial charge in [-0.15, -0.1) is 11.8 Å². The topological polar surface area (TPSA) is 48.5 Å². The predicted molar refractivity (Wildman–Crippen MR) is 108 cm³/mol. The first kappa shape index (κ1) is 18.7. The fourth-order valence-corrected chi connectivity index (χ4v) is 3.55. The minimum absolute atomic E-state index is 0.0356. The molecular formula is C20H26N4OS. The van der Waals surface area contributed by atoms with Crippen LogP contribution in [-0.4, -0.2) is 55.3 Å². The molecule has 0 atom stereocenters. The summed E-state index contributed by atoms with van der Waals surface area (Å²) in [5, 5.41) is 3.07. The number of aryl methyl sites for hydroxylation is 1. The number of benzene rings is 1. The van der Waals surface area contributed by atoms with Crippen molar-refractivity contribution in [2.24, 2.45) is 0 Å². The van der Waals surface area contributed by atoms with Gasteiger partial charge in [-0.25, -0.2) is 4.98 Å². The second kappa shape index (κ2) is 8.56. The third-order valence-corrected chi connectivity index (χ3v) is 5.52. The Kier molecular flexibility index (Phi) is 6.16. The van der Waals surface area contributed by atoms with Crippen LogP contribution in [-0.2, 0) is 6.54 Å². The van der Waals surface area contributed by atoms with Gasteiger partial charge in [0.15, 0.2) is 0 Å². The minimum atomic E-state index is -0.0356. The van der Waals surface area contributed by atoms with E-state index in [0.29, 0.717) is 6.54 Å². The Hall–Kier alpha value is -2.05. The van der Waals surface area contributed by atoms with Gasteiger partial charge in [0.05, 0.1) is 0 Å². The zero-order valence-corrected chi connectivity index (χ0v) is 16.5. The van der Waals surface area contributed by atoms with Crippen LogP contribution in [0.4, 0.5) is 5.82 Å². The summed E-state index contributed by atoms with van der Waals surface area (Å²) >= 11 is 1.64. The molecule has 1 fully saturated rings. The van der Waals surface area contributed by atoms with Crippen LogP contribution >= 0.6 is 11.8 Å². The van der Waals surface area contributed by atoms with Gasteiger partial charge in [-0.2, -0.15) is 0 Å². The average molecular weight is 371 g/mol. The van der Waals surface area contributed by atoms with E-state index in [-0.39, 0.29) is 5.91 Å². The van der Waals surface area contributed by atoms with E-state index in [1.807, 2.05) is 49.7 Å². The summed E-state index contributed by atoms with van der Waals surface area (Å²) in [6.45, 7) is 6.44. The molecule has 3 rings (SSSR count). The van der Waals surface area contributed by atoms with Gasteiger partial charge < -0.3 is 15.1 Å². The molecule has 1 N–H and O–H groups in total. The molecule has 5 nitrogen and oxygen atoms in total. The fraction of sp³-hybridized carbons (Fsp3) is 0.400. The summed E-state index contributed by atoms with van der Waals surface area (Å²) in [5.41, 5.74) is 2.79. The maximum absolute atomic E-state index is 12.7. The molecule has 1 aliphatic heterocycles. The number of hydrogen-bond donors (Lipinski definition) is 1. The van der Waals surface area contributed by atoms with E-state index in [2.05, 4.69) is 27.1 Å². The standard InChI is InChI=1S/C20H26N4OS/c1-15-6-7-17(26-3)13-18(15)20(25)22-14-16-5-4-8-21-19(16)24-11-9-23(2)10-12-24/h4-8,13H,9-12,14H2,1-3H3,(H,22,25). The number of rotatable bonds is 5. The number of piperazine rings is 1. The molecule has 1 aromatic heterocycles. The molecule has 26 heavy (non-hydrogen) atoms. The molecule has 0 bridgehead atoms. The van der Waals surface area contributed by atoms with Crippen molar-refractivity contribution in [3.8, 4) is 0 Å². The van der Waals surface area contributed by atoms with Gasteiger partial charge in [-0.1, -0.05) is 12.1 Å². The number of aromatic nitrogens is 1. The molecule has 138 valence electrons. The van der Waals surface area contributed by atoms with Gasteiger partial charge in [-0.3, -0.25) is 4.79 Å². The lowest BCUT2D eigenvalue weighted by Crippen LogP contribution is -2.45. The van der Waals surface area contributed by atoms with Crippen LogP contribution in [0.1, 0.15) is 21.5 Å². The van der Waals surface area contributed by atoms with E-state index in [9.17, 15) is 4.79 Å². The van der Waals surface area contributed by atoms with Crippen molar-refractivity contribution in [1.82, 2.24) is 15.2 Å². The van der Waals surface area contributed by atoms with Crippen LogP contribution < -0.4 is 10.2 Å². The van der Waals surface area contributed by atoms with E-state index < -0.39 is 0 Å². The monoisotopic (exact) mass is 370 g/mol. The van der Waals surface area contributed by atoms with E-state index in [1.54, 1.807) is 11.8 Å². The van der Waals surface area contributed by atoms with Gasteiger partial charge in [0.25, 0.3) is 5.91 Å². The Morgan fingerprint density at radius 2 is 2.00 bits per heavy atom. The molecule has 0 saturated carbocycles. The summed E-state index contributed by atoms with van der Waals surface area (Å²) in [6, 6.07) is 9.98. The highest BCUT2D eigenvalue weighted by Gasteiger charge is 2.18. The van der Waals surface area contributed by atoms with E-state index in [1.165, 1.54) is 0 Å². The van der Waals surface area contributed by atoms with Crippen molar-refractivity contribution >= 4 is 23.5 Å². The zero-order valence-electron chi connectivity index (χ0n) is 15.7. The Balaban J connectivity index is 1.71. The maximum Gasteiger partial charge on any atom is 0.251 e. The third-order valence-electron chi connectivity index (χ3n) is 4.80. The summed E-state index contributed by atoms with van der Waals surface area (Å²) < 4.78 is 0. The Bertz CT molecular complexity index is 772. The second-order valence-electron chi connectivity index (χ2n) is 6.64. The van der Waals surface area contributed by atoms with Crippen molar-refractivity contribution in [3.05, 3.63) is 53.2 Å². The molecule has 2 heterocycles. The summed E-state index contributed by atoms with van der Waals surface area (Å²) in [5.74, 6) is 0.946. The highest BCUT2D eigenvalue weighted by Crippen LogP contribution is 2.21. The summed E-state index contributed by atoms with van der Waals surface area (Å²) in [4.78, 5) is 23.0. The average Bonchev–Trinajstić information content (AvgIpc) is 2.67. The molecule has 0 aliphatic carbocycles. The first-order valence-corrected chi connectivity index (χ1v) is 10.1. The van der Waals surface area contributed by atoms with Gasteiger partial charge in [0.1, 0.15) is 5.82 Å². The molecule has 6 heteroatoms. The zero-order chi connectivity index (χ0) is 18.5. The molecule has 1 amide bonds. The molecule has 0 radical (unpaired) electrons. The molecule has 1 saturated heterocycles. The number of nitrogens with one attached hydrogen (secondary N) is 1. The quantitative estimate of drug-likeness (QED) is 0.820. The molecule has 0 spiro atoms. The highest BCUT2D eigenvalue weighted by atomic mass is 32.2. The van der Waals surface area contributed by atoms with Crippen molar-refractivity contribution in [1.29, 1.82) is 0 Å². The normalized spacial score (nSPS) is 15.1. The minimum Gasteiger partial charge on any atom is -0.354 e. The first-order valence-electron chi connectivity index (χ1n) is 8.88.